The highest BCUT2D eigenvalue weighted by atomic mass is 16.5. The number of hydrogen-bond acceptors (Lipinski definition) is 6. The number of methoxy groups -OCH3 is 3. The Kier molecular flexibility index (Phi) is 6.30. The van der Waals surface area contributed by atoms with Crippen molar-refractivity contribution in [2.75, 3.05) is 21.3 Å². The van der Waals surface area contributed by atoms with Crippen molar-refractivity contribution in [1.82, 2.24) is 9.88 Å². The molecule has 0 spiro atoms. The fourth-order valence-corrected chi connectivity index (χ4v) is 4.64. The van der Waals surface area contributed by atoms with Gasteiger partial charge < -0.3 is 23.8 Å². The summed E-state index contributed by atoms with van der Waals surface area (Å²) in [6.45, 7) is 0. The maximum absolute atomic E-state index is 13.0. The second-order valence-corrected chi connectivity index (χ2v) is 7.82. The van der Waals surface area contributed by atoms with E-state index in [0.717, 1.165) is 37.0 Å². The molecule has 2 aliphatic rings. The summed E-state index contributed by atoms with van der Waals surface area (Å²) in [7, 11) is 4.72. The van der Waals surface area contributed by atoms with E-state index in [9.17, 15) is 4.79 Å². The van der Waals surface area contributed by atoms with Gasteiger partial charge in [0.15, 0.2) is 11.5 Å². The molecule has 2 saturated heterocycles. The fraction of sp³-hybridized carbons (Fsp3) is 0.417. The minimum atomic E-state index is 0.0311. The summed E-state index contributed by atoms with van der Waals surface area (Å²) >= 11 is 0. The third-order valence-corrected chi connectivity index (χ3v) is 6.00. The molecule has 164 valence electrons. The first-order valence-electron chi connectivity index (χ1n) is 10.5. The average molecular weight is 424 g/mol. The van der Waals surface area contributed by atoms with Gasteiger partial charge in [-0.05, 0) is 48.7 Å². The first-order chi connectivity index (χ1) is 15.1. The van der Waals surface area contributed by atoms with E-state index in [-0.39, 0.29) is 24.1 Å². The summed E-state index contributed by atoms with van der Waals surface area (Å²) in [5, 5.41) is 0. The molecule has 0 aliphatic carbocycles. The van der Waals surface area contributed by atoms with Gasteiger partial charge in [-0.15, -0.1) is 0 Å². The Morgan fingerprint density at radius 2 is 1.61 bits per heavy atom. The molecule has 3 heterocycles. The molecule has 1 aromatic heterocycles. The molecule has 7 nitrogen and oxygen atoms in total. The number of ether oxygens (including phenoxy) is 4. The van der Waals surface area contributed by atoms with Gasteiger partial charge in [0.2, 0.25) is 11.7 Å². The van der Waals surface area contributed by atoms with Gasteiger partial charge in [0.05, 0.1) is 21.3 Å². The molecule has 2 atom stereocenters. The Morgan fingerprint density at radius 1 is 1.00 bits per heavy atom. The van der Waals surface area contributed by atoms with Gasteiger partial charge in [-0.1, -0.05) is 0 Å². The molecule has 31 heavy (non-hydrogen) atoms. The predicted octanol–water partition coefficient (Wildman–Crippen LogP) is 3.72. The Labute approximate surface area is 182 Å². The first kappa shape index (κ1) is 21.0. The van der Waals surface area contributed by atoms with Crippen LogP contribution in [-0.2, 0) is 4.79 Å². The Morgan fingerprint density at radius 3 is 2.16 bits per heavy atom. The molecule has 2 bridgehead atoms. The van der Waals surface area contributed by atoms with Gasteiger partial charge in [-0.2, -0.15) is 0 Å². The van der Waals surface area contributed by atoms with Crippen molar-refractivity contribution >= 4 is 12.0 Å². The van der Waals surface area contributed by atoms with Crippen LogP contribution in [0.1, 0.15) is 31.2 Å². The molecular formula is C24H28N2O5. The molecule has 2 fully saturated rings. The van der Waals surface area contributed by atoms with Crippen LogP contribution in [0.15, 0.2) is 42.7 Å². The molecule has 0 N–H and O–H groups in total. The zero-order valence-corrected chi connectivity index (χ0v) is 18.1. The number of hydrogen-bond donors (Lipinski definition) is 0. The quantitative estimate of drug-likeness (QED) is 0.631. The van der Waals surface area contributed by atoms with Crippen molar-refractivity contribution in [3.63, 3.8) is 0 Å². The zero-order chi connectivity index (χ0) is 21.8. The molecule has 2 aliphatic heterocycles. The van der Waals surface area contributed by atoms with E-state index in [0.29, 0.717) is 17.2 Å². The third kappa shape index (κ3) is 4.45. The van der Waals surface area contributed by atoms with Crippen LogP contribution < -0.4 is 18.9 Å². The zero-order valence-electron chi connectivity index (χ0n) is 18.1. The highest BCUT2D eigenvalue weighted by Gasteiger charge is 2.43. The van der Waals surface area contributed by atoms with Crippen LogP contribution in [0.2, 0.25) is 0 Å². The van der Waals surface area contributed by atoms with Crippen LogP contribution in [0.4, 0.5) is 0 Å². The number of carbonyl (C=O) groups excluding carboxylic acids is 1. The van der Waals surface area contributed by atoms with Gasteiger partial charge in [0.25, 0.3) is 0 Å². The normalized spacial score (nSPS) is 22.4. The smallest absolute Gasteiger partial charge is 0.247 e. The number of amides is 1. The number of carbonyl (C=O) groups is 1. The van der Waals surface area contributed by atoms with E-state index < -0.39 is 0 Å². The van der Waals surface area contributed by atoms with Crippen LogP contribution in [0.3, 0.4) is 0 Å². The van der Waals surface area contributed by atoms with Crippen LogP contribution in [-0.4, -0.2) is 55.3 Å². The van der Waals surface area contributed by atoms with Gasteiger partial charge >= 0.3 is 0 Å². The lowest BCUT2D eigenvalue weighted by molar-refractivity contribution is -0.131. The van der Waals surface area contributed by atoms with Crippen molar-refractivity contribution in [2.45, 2.75) is 43.9 Å². The Bertz CT molecular complexity index is 907. The number of aromatic nitrogens is 1. The minimum absolute atomic E-state index is 0.0311. The lowest BCUT2D eigenvalue weighted by Gasteiger charge is -2.38. The van der Waals surface area contributed by atoms with Crippen LogP contribution in [0, 0.1) is 0 Å². The number of benzene rings is 1. The largest absolute Gasteiger partial charge is 0.493 e. The van der Waals surface area contributed by atoms with Crippen molar-refractivity contribution in [3.05, 3.63) is 48.3 Å². The highest BCUT2D eigenvalue weighted by molar-refractivity contribution is 5.92. The summed E-state index contributed by atoms with van der Waals surface area (Å²) in [6.07, 6.45) is 10.8. The van der Waals surface area contributed by atoms with Crippen molar-refractivity contribution in [3.8, 4) is 23.0 Å². The van der Waals surface area contributed by atoms with E-state index in [1.54, 1.807) is 45.9 Å². The summed E-state index contributed by atoms with van der Waals surface area (Å²) < 4.78 is 22.3. The van der Waals surface area contributed by atoms with Crippen molar-refractivity contribution < 1.29 is 23.7 Å². The third-order valence-electron chi connectivity index (χ3n) is 6.00. The molecule has 0 radical (unpaired) electrons. The van der Waals surface area contributed by atoms with E-state index in [4.69, 9.17) is 18.9 Å². The maximum atomic E-state index is 13.0. The number of nitrogens with zero attached hydrogens (tertiary/aromatic N) is 2. The molecule has 0 saturated carbocycles. The van der Waals surface area contributed by atoms with E-state index in [1.165, 1.54) is 0 Å². The van der Waals surface area contributed by atoms with Crippen LogP contribution in [0.5, 0.6) is 23.0 Å². The SMILES string of the molecule is COc1cc(/C=C/C(=O)N2C3CCC2CC(Oc2ccncc2)C3)cc(OC)c1OC. The highest BCUT2D eigenvalue weighted by Crippen LogP contribution is 2.39. The maximum Gasteiger partial charge on any atom is 0.247 e. The number of rotatable bonds is 7. The minimum Gasteiger partial charge on any atom is -0.493 e. The molecule has 1 amide bonds. The summed E-state index contributed by atoms with van der Waals surface area (Å²) in [5.74, 6) is 2.51. The summed E-state index contributed by atoms with van der Waals surface area (Å²) in [6, 6.07) is 7.83. The Balaban J connectivity index is 1.44. The topological polar surface area (TPSA) is 70.1 Å². The average Bonchev–Trinajstić information content (AvgIpc) is 3.07. The van der Waals surface area contributed by atoms with Gasteiger partial charge in [0, 0.05) is 43.4 Å². The van der Waals surface area contributed by atoms with E-state index >= 15 is 0 Å². The monoisotopic (exact) mass is 424 g/mol. The predicted molar refractivity (Wildman–Crippen MR) is 117 cm³/mol. The van der Waals surface area contributed by atoms with Gasteiger partial charge in [-0.3, -0.25) is 9.78 Å². The van der Waals surface area contributed by atoms with Crippen molar-refractivity contribution in [2.24, 2.45) is 0 Å². The summed E-state index contributed by atoms with van der Waals surface area (Å²) in [4.78, 5) is 19.1. The van der Waals surface area contributed by atoms with E-state index in [1.807, 2.05) is 29.2 Å². The van der Waals surface area contributed by atoms with E-state index in [2.05, 4.69) is 4.98 Å². The molecule has 4 rings (SSSR count). The number of piperidine rings is 1. The lowest BCUT2D eigenvalue weighted by Crippen LogP contribution is -2.48. The number of pyridine rings is 1. The van der Waals surface area contributed by atoms with Gasteiger partial charge in [0.1, 0.15) is 11.9 Å². The molecular weight excluding hydrogens is 396 g/mol. The molecule has 2 aromatic rings. The van der Waals surface area contributed by atoms with Crippen molar-refractivity contribution in [1.29, 1.82) is 0 Å². The second kappa shape index (κ2) is 9.29. The molecule has 7 heteroatoms. The van der Waals surface area contributed by atoms with Crippen LogP contribution >= 0.6 is 0 Å². The second-order valence-electron chi connectivity index (χ2n) is 7.82. The number of fused-ring (bicyclic) bond motifs is 2. The van der Waals surface area contributed by atoms with Crippen LogP contribution in [0.25, 0.3) is 6.08 Å². The lowest BCUT2D eigenvalue weighted by atomic mass is 9.99. The molecule has 1 aromatic carbocycles. The molecule has 2 unspecified atom stereocenters. The Hall–Kier alpha value is -3.22. The van der Waals surface area contributed by atoms with Gasteiger partial charge in [-0.25, -0.2) is 0 Å². The fourth-order valence-electron chi connectivity index (χ4n) is 4.64. The first-order valence-corrected chi connectivity index (χ1v) is 10.5. The summed E-state index contributed by atoms with van der Waals surface area (Å²) in [5.41, 5.74) is 0.811. The standard InChI is InChI=1S/C24H28N2O5/c1-28-21-12-16(13-22(29-2)24(21)30-3)4-7-23(27)26-17-5-6-18(26)15-20(14-17)31-19-8-10-25-11-9-19/h4,7-13,17-18,20H,5-6,14-15H2,1-3H3/b7-4+.